The topological polar surface area (TPSA) is 105 Å². The van der Waals surface area contributed by atoms with Crippen LogP contribution < -0.4 is 5.43 Å². The zero-order valence-electron chi connectivity index (χ0n) is 11.4. The van der Waals surface area contributed by atoms with Crippen LogP contribution in [0.3, 0.4) is 0 Å². The predicted molar refractivity (Wildman–Crippen MR) is 80.2 cm³/mol. The largest absolute Gasteiger partial charge is 0.378 e. The third-order valence-electron chi connectivity index (χ3n) is 2.88. The highest BCUT2D eigenvalue weighted by molar-refractivity contribution is 5.87. The molecule has 1 unspecified atom stereocenters. The van der Waals surface area contributed by atoms with Crippen LogP contribution in [0.25, 0.3) is 0 Å². The molecule has 1 atom stereocenters. The lowest BCUT2D eigenvalue weighted by Gasteiger charge is -2.08. The molecular formula is C15H13N3O4. The molecule has 7 nitrogen and oxygen atoms in total. The second-order valence-corrected chi connectivity index (χ2v) is 4.36. The van der Waals surface area contributed by atoms with Gasteiger partial charge in [-0.25, -0.2) is 5.43 Å². The van der Waals surface area contributed by atoms with Crippen molar-refractivity contribution in [2.75, 3.05) is 0 Å². The Morgan fingerprint density at radius 1 is 1.18 bits per heavy atom. The maximum absolute atomic E-state index is 11.7. The molecule has 0 spiro atoms. The second-order valence-electron chi connectivity index (χ2n) is 4.36. The molecule has 2 rings (SSSR count). The van der Waals surface area contributed by atoms with Gasteiger partial charge in [0.15, 0.2) is 6.10 Å². The van der Waals surface area contributed by atoms with E-state index < -0.39 is 16.9 Å². The van der Waals surface area contributed by atoms with Crippen LogP contribution in [0.2, 0.25) is 0 Å². The standard InChI is InChI=1S/C15H13N3O4/c19-14(11-6-2-1-3-7-11)15(20)17-16-10-12-8-4-5-9-13(12)18(21)22/h1-10,14,19H,(H,17,20). The van der Waals surface area contributed by atoms with Gasteiger partial charge in [0, 0.05) is 6.07 Å². The summed E-state index contributed by atoms with van der Waals surface area (Å²) in [5.74, 6) is -0.721. The van der Waals surface area contributed by atoms with Gasteiger partial charge in [0.2, 0.25) is 0 Å². The Hall–Kier alpha value is -3.06. The highest BCUT2D eigenvalue weighted by Crippen LogP contribution is 2.15. The van der Waals surface area contributed by atoms with E-state index in [1.165, 1.54) is 18.2 Å². The number of nitro groups is 1. The van der Waals surface area contributed by atoms with Crippen molar-refractivity contribution in [1.29, 1.82) is 0 Å². The highest BCUT2D eigenvalue weighted by atomic mass is 16.6. The summed E-state index contributed by atoms with van der Waals surface area (Å²) in [4.78, 5) is 22.0. The first-order chi connectivity index (χ1) is 10.6. The van der Waals surface area contributed by atoms with E-state index in [0.29, 0.717) is 5.56 Å². The van der Waals surface area contributed by atoms with E-state index >= 15 is 0 Å². The number of nitro benzene ring substituents is 1. The number of aliphatic hydroxyl groups is 1. The van der Waals surface area contributed by atoms with Crippen LogP contribution in [-0.2, 0) is 4.79 Å². The minimum absolute atomic E-state index is 0.121. The highest BCUT2D eigenvalue weighted by Gasteiger charge is 2.16. The van der Waals surface area contributed by atoms with Crippen molar-refractivity contribution in [3.8, 4) is 0 Å². The molecule has 0 bridgehead atoms. The Labute approximate surface area is 126 Å². The summed E-state index contributed by atoms with van der Waals surface area (Å²) in [6, 6.07) is 14.4. The van der Waals surface area contributed by atoms with Gasteiger partial charge in [-0.3, -0.25) is 14.9 Å². The minimum Gasteiger partial charge on any atom is -0.378 e. The number of amides is 1. The molecular weight excluding hydrogens is 286 g/mol. The Morgan fingerprint density at radius 3 is 2.50 bits per heavy atom. The first-order valence-corrected chi connectivity index (χ1v) is 6.39. The number of carbonyl (C=O) groups is 1. The van der Waals surface area contributed by atoms with Crippen LogP contribution in [0.4, 0.5) is 5.69 Å². The van der Waals surface area contributed by atoms with Crippen molar-refractivity contribution < 1.29 is 14.8 Å². The van der Waals surface area contributed by atoms with Crippen molar-refractivity contribution in [2.45, 2.75) is 6.10 Å². The summed E-state index contributed by atoms with van der Waals surface area (Å²) >= 11 is 0. The Morgan fingerprint density at radius 2 is 1.82 bits per heavy atom. The number of hydrogen-bond acceptors (Lipinski definition) is 5. The van der Waals surface area contributed by atoms with Gasteiger partial charge in [-0.1, -0.05) is 42.5 Å². The molecule has 22 heavy (non-hydrogen) atoms. The number of aliphatic hydroxyl groups excluding tert-OH is 1. The van der Waals surface area contributed by atoms with Gasteiger partial charge in [-0.05, 0) is 11.6 Å². The molecule has 0 aliphatic carbocycles. The third-order valence-corrected chi connectivity index (χ3v) is 2.88. The molecule has 2 N–H and O–H groups in total. The molecule has 0 aliphatic heterocycles. The van der Waals surface area contributed by atoms with E-state index in [-0.39, 0.29) is 11.3 Å². The fraction of sp³-hybridized carbons (Fsp3) is 0.0667. The van der Waals surface area contributed by atoms with Gasteiger partial charge in [0.05, 0.1) is 16.7 Å². The quantitative estimate of drug-likeness (QED) is 0.498. The average molecular weight is 299 g/mol. The fourth-order valence-corrected chi connectivity index (χ4v) is 1.78. The lowest BCUT2D eigenvalue weighted by molar-refractivity contribution is -0.385. The van der Waals surface area contributed by atoms with Crippen LogP contribution in [0, 0.1) is 10.1 Å². The Bertz CT molecular complexity index is 701. The zero-order valence-corrected chi connectivity index (χ0v) is 11.4. The first kappa shape index (κ1) is 15.3. The number of hydrazone groups is 1. The summed E-state index contributed by atoms with van der Waals surface area (Å²) < 4.78 is 0. The van der Waals surface area contributed by atoms with Crippen LogP contribution in [0.15, 0.2) is 59.7 Å². The summed E-state index contributed by atoms with van der Waals surface area (Å²) in [6.45, 7) is 0. The number of nitrogens with zero attached hydrogens (tertiary/aromatic N) is 2. The summed E-state index contributed by atoms with van der Waals surface area (Å²) in [5, 5.41) is 24.3. The van der Waals surface area contributed by atoms with Crippen LogP contribution in [-0.4, -0.2) is 22.2 Å². The summed E-state index contributed by atoms with van der Waals surface area (Å²) in [6.07, 6.45) is -0.197. The van der Waals surface area contributed by atoms with Crippen molar-refractivity contribution in [3.63, 3.8) is 0 Å². The van der Waals surface area contributed by atoms with Crippen molar-refractivity contribution in [2.24, 2.45) is 5.10 Å². The van der Waals surface area contributed by atoms with Gasteiger partial charge in [-0.2, -0.15) is 5.10 Å². The molecule has 0 saturated carbocycles. The number of nitrogens with one attached hydrogen (secondary N) is 1. The summed E-state index contributed by atoms with van der Waals surface area (Å²) in [7, 11) is 0. The predicted octanol–water partition coefficient (Wildman–Crippen LogP) is 1.78. The molecule has 7 heteroatoms. The summed E-state index contributed by atoms with van der Waals surface area (Å²) in [5.41, 5.74) is 2.72. The number of para-hydroxylation sites is 1. The number of benzene rings is 2. The third kappa shape index (κ3) is 3.74. The lowest BCUT2D eigenvalue weighted by Crippen LogP contribution is -2.25. The zero-order chi connectivity index (χ0) is 15.9. The number of rotatable bonds is 5. The van der Waals surface area contributed by atoms with E-state index in [2.05, 4.69) is 10.5 Å². The Kier molecular flexibility index (Phi) is 4.94. The molecule has 0 saturated heterocycles. The van der Waals surface area contributed by atoms with Gasteiger partial charge in [0.1, 0.15) is 0 Å². The van der Waals surface area contributed by atoms with E-state index in [0.717, 1.165) is 6.21 Å². The second kappa shape index (κ2) is 7.09. The van der Waals surface area contributed by atoms with Crippen molar-refractivity contribution in [1.82, 2.24) is 5.43 Å². The minimum atomic E-state index is -1.36. The molecule has 2 aromatic rings. The lowest BCUT2D eigenvalue weighted by atomic mass is 10.1. The molecule has 0 aromatic heterocycles. The van der Waals surface area contributed by atoms with E-state index in [1.807, 2.05) is 0 Å². The molecule has 0 radical (unpaired) electrons. The normalized spacial score (nSPS) is 12.0. The molecule has 1 amide bonds. The molecule has 112 valence electrons. The SMILES string of the molecule is O=C(NN=Cc1ccccc1[N+](=O)[O-])C(O)c1ccccc1. The van der Waals surface area contributed by atoms with Crippen molar-refractivity contribution >= 4 is 17.8 Å². The van der Waals surface area contributed by atoms with E-state index in [9.17, 15) is 20.0 Å². The molecule has 0 fully saturated rings. The van der Waals surface area contributed by atoms with Crippen LogP contribution in [0.5, 0.6) is 0 Å². The monoisotopic (exact) mass is 299 g/mol. The Balaban J connectivity index is 2.04. The van der Waals surface area contributed by atoms with Gasteiger partial charge < -0.3 is 5.11 Å². The number of carbonyl (C=O) groups excluding carboxylic acids is 1. The first-order valence-electron chi connectivity index (χ1n) is 6.39. The molecule has 0 aliphatic rings. The van der Waals surface area contributed by atoms with Crippen LogP contribution >= 0.6 is 0 Å². The van der Waals surface area contributed by atoms with Gasteiger partial charge >= 0.3 is 0 Å². The van der Waals surface area contributed by atoms with Gasteiger partial charge in [0.25, 0.3) is 11.6 Å². The van der Waals surface area contributed by atoms with Gasteiger partial charge in [-0.15, -0.1) is 0 Å². The number of hydrogen-bond donors (Lipinski definition) is 2. The maximum atomic E-state index is 11.7. The van der Waals surface area contributed by atoms with E-state index in [4.69, 9.17) is 0 Å². The van der Waals surface area contributed by atoms with E-state index in [1.54, 1.807) is 36.4 Å². The van der Waals surface area contributed by atoms with Crippen LogP contribution in [0.1, 0.15) is 17.2 Å². The molecule has 0 heterocycles. The molecule has 2 aromatic carbocycles. The average Bonchev–Trinajstić information content (AvgIpc) is 2.55. The van der Waals surface area contributed by atoms with Crippen molar-refractivity contribution in [3.05, 3.63) is 75.8 Å². The maximum Gasteiger partial charge on any atom is 0.278 e. The smallest absolute Gasteiger partial charge is 0.278 e. The fourth-order valence-electron chi connectivity index (χ4n) is 1.78.